The summed E-state index contributed by atoms with van der Waals surface area (Å²) in [6, 6.07) is 22.8. The second-order valence-electron chi connectivity index (χ2n) is 6.73. The maximum absolute atomic E-state index is 12.1. The van der Waals surface area contributed by atoms with Gasteiger partial charge in [-0.15, -0.1) is 0 Å². The summed E-state index contributed by atoms with van der Waals surface area (Å²) in [5.74, 6) is -1.39. The van der Waals surface area contributed by atoms with Crippen LogP contribution in [0.1, 0.15) is 36.6 Å². The Morgan fingerprint density at radius 3 is 2.36 bits per heavy atom. The summed E-state index contributed by atoms with van der Waals surface area (Å²) in [6.45, 7) is 2.03. The van der Waals surface area contributed by atoms with Crippen LogP contribution in [0.3, 0.4) is 0 Å². The van der Waals surface area contributed by atoms with E-state index >= 15 is 0 Å². The molecule has 0 heterocycles. The lowest BCUT2D eigenvalue weighted by molar-refractivity contribution is -0.139. The lowest BCUT2D eigenvalue weighted by Gasteiger charge is -2.16. The zero-order valence-corrected chi connectivity index (χ0v) is 15.8. The van der Waals surface area contributed by atoms with Gasteiger partial charge in [-0.1, -0.05) is 72.8 Å². The second kappa shape index (κ2) is 9.15. The predicted molar refractivity (Wildman–Crippen MR) is 110 cm³/mol. The van der Waals surface area contributed by atoms with Crippen molar-refractivity contribution in [1.82, 2.24) is 10.6 Å². The highest BCUT2D eigenvalue weighted by Gasteiger charge is 2.17. The van der Waals surface area contributed by atoms with Crippen LogP contribution in [0.2, 0.25) is 0 Å². The third-order valence-electron chi connectivity index (χ3n) is 4.74. The summed E-state index contributed by atoms with van der Waals surface area (Å²) < 4.78 is 0. The molecule has 5 nitrogen and oxygen atoms in total. The molecule has 2 amide bonds. The van der Waals surface area contributed by atoms with Crippen molar-refractivity contribution in [3.63, 3.8) is 0 Å². The lowest BCUT2D eigenvalue weighted by Crippen LogP contribution is -2.41. The summed E-state index contributed by atoms with van der Waals surface area (Å²) in [4.78, 5) is 24.1. The summed E-state index contributed by atoms with van der Waals surface area (Å²) >= 11 is 0. The average Bonchev–Trinajstić information content (AvgIpc) is 2.73. The first-order valence-corrected chi connectivity index (χ1v) is 9.35. The van der Waals surface area contributed by atoms with Crippen molar-refractivity contribution in [3.8, 4) is 0 Å². The Bertz CT molecular complexity index is 951. The first kappa shape index (κ1) is 19.6. The number of aliphatic hydroxyl groups is 1. The molecule has 0 aliphatic heterocycles. The Morgan fingerprint density at radius 2 is 1.57 bits per heavy atom. The first-order valence-electron chi connectivity index (χ1n) is 9.35. The highest BCUT2D eigenvalue weighted by molar-refractivity contribution is 6.35. The summed E-state index contributed by atoms with van der Waals surface area (Å²) in [5, 5.41) is 17.8. The molecule has 144 valence electrons. The molecule has 0 radical (unpaired) electrons. The fourth-order valence-corrected chi connectivity index (χ4v) is 3.19. The monoisotopic (exact) mass is 376 g/mol. The molecule has 28 heavy (non-hydrogen) atoms. The molecule has 2 unspecified atom stereocenters. The zero-order valence-electron chi connectivity index (χ0n) is 15.8. The van der Waals surface area contributed by atoms with Crippen molar-refractivity contribution in [2.75, 3.05) is 6.54 Å². The molecule has 0 spiro atoms. The Kier molecular flexibility index (Phi) is 6.40. The first-order chi connectivity index (χ1) is 13.6. The fourth-order valence-electron chi connectivity index (χ4n) is 3.19. The van der Waals surface area contributed by atoms with Gasteiger partial charge in [-0.2, -0.15) is 0 Å². The van der Waals surface area contributed by atoms with Gasteiger partial charge >= 0.3 is 11.8 Å². The van der Waals surface area contributed by atoms with Crippen LogP contribution >= 0.6 is 0 Å². The number of rotatable bonds is 6. The SMILES string of the molecule is CC(NC(=O)C(=O)NCCC(O)c1cccc2ccccc12)c1ccccc1. The summed E-state index contributed by atoms with van der Waals surface area (Å²) in [5.41, 5.74) is 1.74. The quantitative estimate of drug-likeness (QED) is 0.578. The van der Waals surface area contributed by atoms with Crippen LogP contribution in [0.4, 0.5) is 0 Å². The van der Waals surface area contributed by atoms with E-state index in [-0.39, 0.29) is 12.6 Å². The van der Waals surface area contributed by atoms with Crippen molar-refractivity contribution in [3.05, 3.63) is 83.9 Å². The number of carbonyl (C=O) groups is 2. The molecule has 3 rings (SSSR count). The molecule has 0 bridgehead atoms. The molecule has 3 aromatic carbocycles. The molecular weight excluding hydrogens is 352 g/mol. The standard InChI is InChI=1S/C23H24N2O3/c1-16(17-8-3-2-4-9-17)25-23(28)22(27)24-15-14-21(26)20-13-7-11-18-10-5-6-12-19(18)20/h2-13,16,21,26H,14-15H2,1H3,(H,24,27)(H,25,28). The van der Waals surface area contributed by atoms with Crippen LogP contribution in [0, 0.1) is 0 Å². The Hall–Kier alpha value is -3.18. The van der Waals surface area contributed by atoms with Crippen LogP contribution in [-0.2, 0) is 9.59 Å². The van der Waals surface area contributed by atoms with Gasteiger partial charge in [0.25, 0.3) is 0 Å². The van der Waals surface area contributed by atoms with E-state index in [1.54, 1.807) is 0 Å². The van der Waals surface area contributed by atoms with Gasteiger partial charge in [0, 0.05) is 6.54 Å². The summed E-state index contributed by atoms with van der Waals surface area (Å²) in [7, 11) is 0. The molecule has 0 fully saturated rings. The van der Waals surface area contributed by atoms with Crippen molar-refractivity contribution in [1.29, 1.82) is 0 Å². The summed E-state index contributed by atoms with van der Waals surface area (Å²) in [6.07, 6.45) is -0.404. The number of nitrogens with one attached hydrogen (secondary N) is 2. The van der Waals surface area contributed by atoms with E-state index in [1.807, 2.05) is 79.7 Å². The van der Waals surface area contributed by atoms with Gasteiger partial charge in [0.05, 0.1) is 12.1 Å². The molecule has 5 heteroatoms. The van der Waals surface area contributed by atoms with Gasteiger partial charge in [-0.3, -0.25) is 9.59 Å². The van der Waals surface area contributed by atoms with Crippen LogP contribution in [0.15, 0.2) is 72.8 Å². The van der Waals surface area contributed by atoms with Gasteiger partial charge in [-0.05, 0) is 35.2 Å². The fraction of sp³-hybridized carbons (Fsp3) is 0.217. The number of carbonyl (C=O) groups excluding carboxylic acids is 2. The molecule has 0 saturated carbocycles. The van der Waals surface area contributed by atoms with Crippen LogP contribution < -0.4 is 10.6 Å². The van der Waals surface area contributed by atoms with Gasteiger partial charge in [0.15, 0.2) is 0 Å². The van der Waals surface area contributed by atoms with Crippen molar-refractivity contribution in [2.45, 2.75) is 25.5 Å². The minimum atomic E-state index is -0.724. The number of benzene rings is 3. The lowest BCUT2D eigenvalue weighted by atomic mass is 9.99. The van der Waals surface area contributed by atoms with E-state index in [9.17, 15) is 14.7 Å². The predicted octanol–water partition coefficient (Wildman–Crippen LogP) is 3.26. The third-order valence-corrected chi connectivity index (χ3v) is 4.74. The van der Waals surface area contributed by atoms with E-state index < -0.39 is 17.9 Å². The highest BCUT2D eigenvalue weighted by Crippen LogP contribution is 2.25. The number of fused-ring (bicyclic) bond motifs is 1. The molecule has 0 aliphatic carbocycles. The van der Waals surface area contributed by atoms with Crippen molar-refractivity contribution >= 4 is 22.6 Å². The van der Waals surface area contributed by atoms with E-state index in [2.05, 4.69) is 10.6 Å². The van der Waals surface area contributed by atoms with Gasteiger partial charge in [-0.25, -0.2) is 0 Å². The van der Waals surface area contributed by atoms with Crippen molar-refractivity contribution in [2.24, 2.45) is 0 Å². The topological polar surface area (TPSA) is 78.4 Å². The van der Waals surface area contributed by atoms with E-state index in [0.29, 0.717) is 6.42 Å². The molecule has 2 atom stereocenters. The zero-order chi connectivity index (χ0) is 19.9. The number of hydrogen-bond donors (Lipinski definition) is 3. The normalized spacial score (nSPS) is 12.9. The maximum atomic E-state index is 12.1. The van der Waals surface area contributed by atoms with Crippen LogP contribution in [0.25, 0.3) is 10.8 Å². The molecule has 3 aromatic rings. The second-order valence-corrected chi connectivity index (χ2v) is 6.73. The van der Waals surface area contributed by atoms with E-state index in [0.717, 1.165) is 21.9 Å². The Morgan fingerprint density at radius 1 is 0.893 bits per heavy atom. The number of amides is 2. The minimum absolute atomic E-state index is 0.205. The maximum Gasteiger partial charge on any atom is 0.309 e. The minimum Gasteiger partial charge on any atom is -0.388 e. The van der Waals surface area contributed by atoms with E-state index in [4.69, 9.17) is 0 Å². The smallest absolute Gasteiger partial charge is 0.309 e. The Labute approximate surface area is 164 Å². The molecule has 3 N–H and O–H groups in total. The van der Waals surface area contributed by atoms with E-state index in [1.165, 1.54) is 0 Å². The number of aliphatic hydroxyl groups excluding tert-OH is 1. The largest absolute Gasteiger partial charge is 0.388 e. The van der Waals surface area contributed by atoms with Gasteiger partial charge in [0.1, 0.15) is 0 Å². The van der Waals surface area contributed by atoms with Crippen molar-refractivity contribution < 1.29 is 14.7 Å². The van der Waals surface area contributed by atoms with Gasteiger partial charge in [0.2, 0.25) is 0 Å². The molecule has 0 aromatic heterocycles. The molecular formula is C23H24N2O3. The van der Waals surface area contributed by atoms with Crippen LogP contribution in [0.5, 0.6) is 0 Å². The molecule has 0 saturated heterocycles. The number of hydrogen-bond acceptors (Lipinski definition) is 3. The van der Waals surface area contributed by atoms with Crippen LogP contribution in [-0.4, -0.2) is 23.5 Å². The molecule has 0 aliphatic rings. The third kappa shape index (κ3) is 4.75. The average molecular weight is 376 g/mol. The Balaban J connectivity index is 1.51. The highest BCUT2D eigenvalue weighted by atomic mass is 16.3. The van der Waals surface area contributed by atoms with Gasteiger partial charge < -0.3 is 15.7 Å².